The van der Waals surface area contributed by atoms with Gasteiger partial charge in [0.1, 0.15) is 0 Å². The molecule has 2 aromatic rings. The molecule has 0 aliphatic rings. The van der Waals surface area contributed by atoms with E-state index in [-0.39, 0.29) is 8.68 Å². The minimum atomic E-state index is -3.54. The van der Waals surface area contributed by atoms with Crippen LogP contribution in [0.15, 0.2) is 28.7 Å². The standard InChI is InChI=1S/C11H12ClN3O2S2/c1-8-10(18-11(12)15-8)19(16,17)14-6-4-9-3-2-5-13-7-9/h2-3,5,7,14H,4,6H2,1H3. The van der Waals surface area contributed by atoms with Gasteiger partial charge >= 0.3 is 0 Å². The summed E-state index contributed by atoms with van der Waals surface area (Å²) >= 11 is 6.67. The molecule has 0 saturated carbocycles. The van der Waals surface area contributed by atoms with Crippen LogP contribution in [-0.4, -0.2) is 24.9 Å². The number of nitrogens with one attached hydrogen (secondary N) is 1. The van der Waals surface area contributed by atoms with Gasteiger partial charge in [-0.1, -0.05) is 29.0 Å². The van der Waals surface area contributed by atoms with Gasteiger partial charge in [0, 0.05) is 18.9 Å². The molecule has 0 bridgehead atoms. The van der Waals surface area contributed by atoms with Crippen LogP contribution in [0, 0.1) is 6.92 Å². The van der Waals surface area contributed by atoms with Gasteiger partial charge in [-0.25, -0.2) is 18.1 Å². The molecular weight excluding hydrogens is 306 g/mol. The molecule has 2 aromatic heterocycles. The van der Waals surface area contributed by atoms with Crippen LogP contribution < -0.4 is 4.72 Å². The predicted molar refractivity (Wildman–Crippen MR) is 75.0 cm³/mol. The topological polar surface area (TPSA) is 72.0 Å². The minimum absolute atomic E-state index is 0.170. The van der Waals surface area contributed by atoms with E-state index in [0.29, 0.717) is 18.7 Å². The maximum Gasteiger partial charge on any atom is 0.251 e. The molecule has 0 atom stereocenters. The zero-order valence-electron chi connectivity index (χ0n) is 10.1. The number of aromatic nitrogens is 2. The average molecular weight is 318 g/mol. The second kappa shape index (κ2) is 5.96. The maximum absolute atomic E-state index is 12.0. The molecule has 8 heteroatoms. The molecule has 0 saturated heterocycles. The first kappa shape index (κ1) is 14.4. The highest BCUT2D eigenvalue weighted by atomic mass is 35.5. The second-order valence-corrected chi connectivity index (χ2v) is 7.39. The molecule has 0 aliphatic carbocycles. The first-order chi connectivity index (χ1) is 8.99. The van der Waals surface area contributed by atoms with Crippen molar-refractivity contribution in [3.63, 3.8) is 0 Å². The minimum Gasteiger partial charge on any atom is -0.264 e. The molecule has 5 nitrogen and oxygen atoms in total. The lowest BCUT2D eigenvalue weighted by Crippen LogP contribution is -2.25. The van der Waals surface area contributed by atoms with Gasteiger partial charge in [0.15, 0.2) is 8.68 Å². The van der Waals surface area contributed by atoms with Gasteiger partial charge in [-0.15, -0.1) is 0 Å². The van der Waals surface area contributed by atoms with Crippen molar-refractivity contribution in [2.75, 3.05) is 6.54 Å². The van der Waals surface area contributed by atoms with Crippen LogP contribution in [0.2, 0.25) is 4.47 Å². The van der Waals surface area contributed by atoms with Gasteiger partial charge in [0.2, 0.25) is 0 Å². The van der Waals surface area contributed by atoms with Gasteiger partial charge < -0.3 is 0 Å². The molecule has 0 spiro atoms. The van der Waals surface area contributed by atoms with Crippen LogP contribution in [0.4, 0.5) is 0 Å². The van der Waals surface area contributed by atoms with Crippen LogP contribution in [0.5, 0.6) is 0 Å². The predicted octanol–water partition coefficient (Wildman–Crippen LogP) is 2.02. The fourth-order valence-electron chi connectivity index (χ4n) is 1.54. The smallest absolute Gasteiger partial charge is 0.251 e. The first-order valence-corrected chi connectivity index (χ1v) is 8.18. The highest BCUT2D eigenvalue weighted by molar-refractivity contribution is 7.91. The Hall–Kier alpha value is -1.02. The Labute approximate surface area is 120 Å². The average Bonchev–Trinajstić information content (AvgIpc) is 2.70. The summed E-state index contributed by atoms with van der Waals surface area (Å²) in [5.41, 5.74) is 1.40. The number of sulfonamides is 1. The lowest BCUT2D eigenvalue weighted by atomic mass is 10.2. The molecule has 0 amide bonds. The summed E-state index contributed by atoms with van der Waals surface area (Å²) < 4.78 is 27.0. The molecule has 0 aromatic carbocycles. The monoisotopic (exact) mass is 317 g/mol. The number of thiazole rings is 1. The molecule has 2 heterocycles. The molecule has 0 radical (unpaired) electrons. The van der Waals surface area contributed by atoms with Crippen molar-refractivity contribution in [1.29, 1.82) is 0 Å². The van der Waals surface area contributed by atoms with Crippen molar-refractivity contribution in [3.8, 4) is 0 Å². The van der Waals surface area contributed by atoms with Crippen molar-refractivity contribution < 1.29 is 8.42 Å². The van der Waals surface area contributed by atoms with E-state index >= 15 is 0 Å². The summed E-state index contributed by atoms with van der Waals surface area (Å²) in [6.45, 7) is 1.93. The third-order valence-corrected chi connectivity index (χ3v) is 5.73. The van der Waals surface area contributed by atoms with E-state index in [9.17, 15) is 8.42 Å². The Bertz CT molecular complexity index is 656. The zero-order valence-corrected chi connectivity index (χ0v) is 12.5. The van der Waals surface area contributed by atoms with E-state index < -0.39 is 10.0 Å². The van der Waals surface area contributed by atoms with Crippen molar-refractivity contribution in [2.45, 2.75) is 17.6 Å². The SMILES string of the molecule is Cc1nc(Cl)sc1S(=O)(=O)NCCc1cccnc1. The molecule has 0 unspecified atom stereocenters. The van der Waals surface area contributed by atoms with Crippen LogP contribution in [0.25, 0.3) is 0 Å². The maximum atomic E-state index is 12.0. The highest BCUT2D eigenvalue weighted by Gasteiger charge is 2.20. The van der Waals surface area contributed by atoms with Crippen LogP contribution in [0.1, 0.15) is 11.3 Å². The lowest BCUT2D eigenvalue weighted by molar-refractivity contribution is 0.583. The van der Waals surface area contributed by atoms with Crippen molar-refractivity contribution in [2.24, 2.45) is 0 Å². The van der Waals surface area contributed by atoms with Gasteiger partial charge in [-0.3, -0.25) is 4.98 Å². The van der Waals surface area contributed by atoms with E-state index in [0.717, 1.165) is 16.9 Å². The van der Waals surface area contributed by atoms with Crippen molar-refractivity contribution >= 4 is 33.0 Å². The van der Waals surface area contributed by atoms with E-state index in [1.807, 2.05) is 12.1 Å². The summed E-state index contributed by atoms with van der Waals surface area (Å²) in [7, 11) is -3.54. The fourth-order valence-corrected chi connectivity index (χ4v) is 4.35. The normalized spacial score (nSPS) is 11.7. The number of hydrogen-bond donors (Lipinski definition) is 1. The highest BCUT2D eigenvalue weighted by Crippen LogP contribution is 2.26. The van der Waals surface area contributed by atoms with Crippen molar-refractivity contribution in [3.05, 3.63) is 40.3 Å². The molecule has 0 aliphatic heterocycles. The van der Waals surface area contributed by atoms with E-state index in [2.05, 4.69) is 14.7 Å². The number of hydrogen-bond acceptors (Lipinski definition) is 5. The van der Waals surface area contributed by atoms with Gasteiger partial charge in [-0.05, 0) is 25.0 Å². The lowest BCUT2D eigenvalue weighted by Gasteiger charge is -2.05. The second-order valence-electron chi connectivity index (χ2n) is 3.85. The van der Waals surface area contributed by atoms with Gasteiger partial charge in [0.25, 0.3) is 10.0 Å². The Morgan fingerprint density at radius 3 is 2.84 bits per heavy atom. The zero-order chi connectivity index (χ0) is 13.9. The van der Waals surface area contributed by atoms with Crippen LogP contribution in [-0.2, 0) is 16.4 Å². The third kappa shape index (κ3) is 3.73. The number of pyridine rings is 1. The van der Waals surface area contributed by atoms with E-state index in [4.69, 9.17) is 11.6 Å². The Balaban J connectivity index is 2.01. The number of rotatable bonds is 5. The first-order valence-electron chi connectivity index (χ1n) is 5.50. The molecule has 19 heavy (non-hydrogen) atoms. The molecule has 2 rings (SSSR count). The molecule has 1 N–H and O–H groups in total. The quantitative estimate of drug-likeness (QED) is 0.915. The Kier molecular flexibility index (Phi) is 4.51. The Morgan fingerprint density at radius 1 is 1.47 bits per heavy atom. The summed E-state index contributed by atoms with van der Waals surface area (Å²) in [5.74, 6) is 0. The fraction of sp³-hybridized carbons (Fsp3) is 0.273. The number of halogens is 1. The van der Waals surface area contributed by atoms with E-state index in [1.54, 1.807) is 19.3 Å². The van der Waals surface area contributed by atoms with Crippen molar-refractivity contribution in [1.82, 2.24) is 14.7 Å². The largest absolute Gasteiger partial charge is 0.264 e. The van der Waals surface area contributed by atoms with E-state index in [1.165, 1.54) is 0 Å². The summed E-state index contributed by atoms with van der Waals surface area (Å²) in [6, 6.07) is 3.72. The Morgan fingerprint density at radius 2 is 2.26 bits per heavy atom. The molecule has 0 fully saturated rings. The van der Waals surface area contributed by atoms with Gasteiger partial charge in [0.05, 0.1) is 5.69 Å². The number of aryl methyl sites for hydroxylation is 1. The molecule has 102 valence electrons. The summed E-state index contributed by atoms with van der Waals surface area (Å²) in [5, 5.41) is 0. The van der Waals surface area contributed by atoms with Crippen LogP contribution >= 0.6 is 22.9 Å². The molecular formula is C11H12ClN3O2S2. The summed E-state index contributed by atoms with van der Waals surface area (Å²) in [4.78, 5) is 7.87. The van der Waals surface area contributed by atoms with Gasteiger partial charge in [-0.2, -0.15) is 0 Å². The number of nitrogens with zero attached hydrogens (tertiary/aromatic N) is 2. The third-order valence-electron chi connectivity index (χ3n) is 2.40. The van der Waals surface area contributed by atoms with Crippen LogP contribution in [0.3, 0.4) is 0 Å². The summed E-state index contributed by atoms with van der Waals surface area (Å²) in [6.07, 6.45) is 3.97.